The monoisotopic (exact) mass is 371 g/mol. The van der Waals surface area contributed by atoms with Gasteiger partial charge in [0.15, 0.2) is 5.82 Å². The lowest BCUT2D eigenvalue weighted by molar-refractivity contribution is 0.0563. The molecule has 7 nitrogen and oxygen atoms in total. The molecule has 0 N–H and O–H groups in total. The van der Waals surface area contributed by atoms with Gasteiger partial charge in [-0.2, -0.15) is 4.98 Å². The van der Waals surface area contributed by atoms with Crippen LogP contribution in [0.1, 0.15) is 33.7 Å². The maximum Gasteiger partial charge on any atom is 0.274 e. The third-order valence-electron chi connectivity index (χ3n) is 4.87. The molecule has 0 atom stereocenters. The molecule has 7 heteroatoms. The second-order valence-electron chi connectivity index (χ2n) is 6.86. The van der Waals surface area contributed by atoms with Crippen molar-refractivity contribution in [2.75, 3.05) is 13.1 Å². The molecule has 1 fully saturated rings. The fourth-order valence-electron chi connectivity index (χ4n) is 3.31. The largest absolute Gasteiger partial charge is 0.339 e. The maximum atomic E-state index is 12.7. The van der Waals surface area contributed by atoms with E-state index in [1.54, 1.807) is 4.90 Å². The summed E-state index contributed by atoms with van der Waals surface area (Å²) in [6.07, 6.45) is 2.16. The van der Waals surface area contributed by atoms with Crippen LogP contribution in [0, 0.1) is 0 Å². The Kier molecular flexibility index (Phi) is 4.05. The zero-order chi connectivity index (χ0) is 18.9. The summed E-state index contributed by atoms with van der Waals surface area (Å²) in [5, 5.41) is 4.06. The fourth-order valence-corrected chi connectivity index (χ4v) is 3.31. The minimum atomic E-state index is -0.126. The lowest BCUT2D eigenvalue weighted by atomic mass is 9.99. The van der Waals surface area contributed by atoms with E-state index in [1.807, 2.05) is 54.6 Å². The van der Waals surface area contributed by atoms with Crippen LogP contribution < -0.4 is 0 Å². The van der Waals surface area contributed by atoms with Crippen LogP contribution in [-0.4, -0.2) is 44.0 Å². The van der Waals surface area contributed by atoms with Crippen molar-refractivity contribution in [3.8, 4) is 0 Å². The highest BCUT2D eigenvalue weighted by atomic mass is 16.5. The summed E-state index contributed by atoms with van der Waals surface area (Å²) in [6, 6.07) is 17.5. The highest BCUT2D eigenvalue weighted by Crippen LogP contribution is 2.27. The Morgan fingerprint density at radius 1 is 1.00 bits per heavy atom. The summed E-state index contributed by atoms with van der Waals surface area (Å²) in [6.45, 7) is 1.08. The van der Waals surface area contributed by atoms with Gasteiger partial charge in [-0.25, -0.2) is 4.98 Å². The van der Waals surface area contributed by atoms with Crippen molar-refractivity contribution in [1.82, 2.24) is 25.0 Å². The fraction of sp³-hybridized carbons (Fsp3) is 0.190. The van der Waals surface area contributed by atoms with Crippen LogP contribution in [0.4, 0.5) is 0 Å². The van der Waals surface area contributed by atoms with Crippen LogP contribution in [0.15, 0.2) is 65.3 Å². The van der Waals surface area contributed by atoms with E-state index in [0.717, 1.165) is 11.1 Å². The highest BCUT2D eigenvalue weighted by Gasteiger charge is 2.36. The minimum absolute atomic E-state index is 0.0642. The van der Waals surface area contributed by atoms with Crippen molar-refractivity contribution >= 4 is 16.9 Å². The molecule has 28 heavy (non-hydrogen) atoms. The maximum absolute atomic E-state index is 12.7. The van der Waals surface area contributed by atoms with E-state index in [-0.39, 0.29) is 11.8 Å². The number of para-hydroxylation sites is 2. The number of hydrogen-bond donors (Lipinski definition) is 0. The zero-order valence-corrected chi connectivity index (χ0v) is 15.0. The number of benzene rings is 2. The van der Waals surface area contributed by atoms with Gasteiger partial charge >= 0.3 is 0 Å². The molecule has 0 spiro atoms. The van der Waals surface area contributed by atoms with Crippen molar-refractivity contribution in [3.63, 3.8) is 0 Å². The Morgan fingerprint density at radius 2 is 1.75 bits per heavy atom. The van der Waals surface area contributed by atoms with Gasteiger partial charge in [-0.05, 0) is 17.7 Å². The zero-order valence-electron chi connectivity index (χ0n) is 15.0. The van der Waals surface area contributed by atoms with Crippen LogP contribution in [0.2, 0.25) is 0 Å². The van der Waals surface area contributed by atoms with Crippen LogP contribution in [0.25, 0.3) is 11.0 Å². The number of hydrogen-bond acceptors (Lipinski definition) is 6. The number of aromatic nitrogens is 4. The molecule has 1 aliphatic rings. The number of likely N-dealkylation sites (tertiary alicyclic amines) is 1. The van der Waals surface area contributed by atoms with Gasteiger partial charge in [-0.15, -0.1) is 0 Å². The summed E-state index contributed by atoms with van der Waals surface area (Å²) in [5.41, 5.74) is 2.98. The molecule has 2 aromatic heterocycles. The number of rotatable bonds is 4. The first-order chi connectivity index (χ1) is 13.8. The first-order valence-corrected chi connectivity index (χ1v) is 9.14. The van der Waals surface area contributed by atoms with Crippen LogP contribution in [0.3, 0.4) is 0 Å². The summed E-state index contributed by atoms with van der Waals surface area (Å²) in [5.74, 6) is 1.18. The summed E-state index contributed by atoms with van der Waals surface area (Å²) >= 11 is 0. The Hall–Kier alpha value is -3.61. The summed E-state index contributed by atoms with van der Waals surface area (Å²) < 4.78 is 5.41. The Bertz CT molecular complexity index is 1140. The third-order valence-corrected chi connectivity index (χ3v) is 4.87. The SMILES string of the molecule is O=C(c1cnc2ccccc2n1)N1CC(c2nc(Cc3ccccc3)no2)C1. The molecule has 4 aromatic rings. The summed E-state index contributed by atoms with van der Waals surface area (Å²) in [7, 11) is 0. The number of fused-ring (bicyclic) bond motifs is 1. The predicted octanol–water partition coefficient (Wildman–Crippen LogP) is 2.84. The van der Waals surface area contributed by atoms with E-state index in [2.05, 4.69) is 20.1 Å². The van der Waals surface area contributed by atoms with E-state index < -0.39 is 0 Å². The van der Waals surface area contributed by atoms with Gasteiger partial charge in [-0.1, -0.05) is 47.6 Å². The molecule has 2 aromatic carbocycles. The Morgan fingerprint density at radius 3 is 2.57 bits per heavy atom. The second kappa shape index (κ2) is 6.84. The number of carbonyl (C=O) groups is 1. The quantitative estimate of drug-likeness (QED) is 0.548. The van der Waals surface area contributed by atoms with Crippen molar-refractivity contribution in [2.45, 2.75) is 12.3 Å². The molecule has 0 bridgehead atoms. The molecule has 1 aliphatic heterocycles. The topological polar surface area (TPSA) is 85.0 Å². The molecule has 3 heterocycles. The van der Waals surface area contributed by atoms with Crippen molar-refractivity contribution in [2.24, 2.45) is 0 Å². The van der Waals surface area contributed by atoms with E-state index in [0.29, 0.717) is 42.4 Å². The molecule has 1 amide bonds. The third kappa shape index (κ3) is 3.11. The molecule has 138 valence electrons. The highest BCUT2D eigenvalue weighted by molar-refractivity contribution is 5.94. The average Bonchev–Trinajstić information content (AvgIpc) is 3.15. The van der Waals surface area contributed by atoms with E-state index in [4.69, 9.17) is 4.52 Å². The lowest BCUT2D eigenvalue weighted by Gasteiger charge is -2.36. The molecular weight excluding hydrogens is 354 g/mol. The van der Waals surface area contributed by atoms with Gasteiger partial charge in [0.05, 0.1) is 23.1 Å². The summed E-state index contributed by atoms with van der Waals surface area (Å²) in [4.78, 5) is 27.6. The smallest absolute Gasteiger partial charge is 0.274 e. The molecule has 5 rings (SSSR count). The Balaban J connectivity index is 1.24. The minimum Gasteiger partial charge on any atom is -0.339 e. The second-order valence-corrected chi connectivity index (χ2v) is 6.86. The van der Waals surface area contributed by atoms with Gasteiger partial charge in [0.2, 0.25) is 5.89 Å². The van der Waals surface area contributed by atoms with E-state index >= 15 is 0 Å². The van der Waals surface area contributed by atoms with Crippen molar-refractivity contribution in [3.05, 3.63) is 83.8 Å². The number of nitrogens with zero attached hydrogens (tertiary/aromatic N) is 5. The van der Waals surface area contributed by atoms with E-state index in [9.17, 15) is 4.79 Å². The standard InChI is InChI=1S/C21H17N5O2/c27-21(18-11-22-16-8-4-5-9-17(16)23-18)26-12-15(13-26)20-24-19(25-28-20)10-14-6-2-1-3-7-14/h1-9,11,15H,10,12-13H2. The molecule has 0 aliphatic carbocycles. The van der Waals surface area contributed by atoms with Gasteiger partial charge in [0.25, 0.3) is 5.91 Å². The molecule has 0 saturated carbocycles. The predicted molar refractivity (Wildman–Crippen MR) is 102 cm³/mol. The number of carbonyl (C=O) groups excluding carboxylic acids is 1. The van der Waals surface area contributed by atoms with Crippen LogP contribution in [0.5, 0.6) is 0 Å². The van der Waals surface area contributed by atoms with E-state index in [1.165, 1.54) is 6.20 Å². The van der Waals surface area contributed by atoms with Gasteiger partial charge in [-0.3, -0.25) is 9.78 Å². The van der Waals surface area contributed by atoms with Gasteiger partial charge < -0.3 is 9.42 Å². The van der Waals surface area contributed by atoms with Crippen molar-refractivity contribution in [1.29, 1.82) is 0 Å². The lowest BCUT2D eigenvalue weighted by Crippen LogP contribution is -2.48. The first-order valence-electron chi connectivity index (χ1n) is 9.14. The van der Waals surface area contributed by atoms with Crippen LogP contribution in [-0.2, 0) is 6.42 Å². The number of amides is 1. The molecule has 0 unspecified atom stereocenters. The Labute approximate surface area is 161 Å². The molecular formula is C21H17N5O2. The normalized spacial score (nSPS) is 14.2. The molecule has 1 saturated heterocycles. The van der Waals surface area contributed by atoms with Crippen LogP contribution >= 0.6 is 0 Å². The first kappa shape index (κ1) is 16.6. The van der Waals surface area contributed by atoms with Gasteiger partial charge in [0, 0.05) is 19.5 Å². The molecule has 0 radical (unpaired) electrons. The van der Waals surface area contributed by atoms with Gasteiger partial charge in [0.1, 0.15) is 5.69 Å². The average molecular weight is 371 g/mol. The van der Waals surface area contributed by atoms with Crippen molar-refractivity contribution < 1.29 is 9.32 Å².